The summed E-state index contributed by atoms with van der Waals surface area (Å²) in [5.74, 6) is -0.682. The lowest BCUT2D eigenvalue weighted by molar-refractivity contribution is -0.130. The molecule has 1 aliphatic rings. The summed E-state index contributed by atoms with van der Waals surface area (Å²) in [6, 6.07) is 9.05. The Balaban J connectivity index is 1.29. The minimum atomic E-state index is -0.389. The number of benzene rings is 1. The molecule has 1 fully saturated rings. The van der Waals surface area contributed by atoms with Crippen LogP contribution in [-0.2, 0) is 11.2 Å². The lowest BCUT2D eigenvalue weighted by Gasteiger charge is -2.36. The van der Waals surface area contributed by atoms with E-state index < -0.39 is 0 Å². The van der Waals surface area contributed by atoms with Crippen LogP contribution in [0.2, 0.25) is 0 Å². The molecule has 10 heteroatoms. The van der Waals surface area contributed by atoms with E-state index >= 15 is 0 Å². The second-order valence-electron chi connectivity index (χ2n) is 7.06. The fourth-order valence-corrected chi connectivity index (χ4v) is 4.00. The Hall–Kier alpha value is -3.53. The van der Waals surface area contributed by atoms with Crippen LogP contribution in [0.4, 0.5) is 15.2 Å². The van der Waals surface area contributed by atoms with E-state index in [1.807, 2.05) is 0 Å². The number of aromatic nitrogens is 2. The topological polar surface area (TPSA) is 98.4 Å². The van der Waals surface area contributed by atoms with Gasteiger partial charge in [-0.1, -0.05) is 0 Å². The molecule has 3 heterocycles. The fourth-order valence-electron chi connectivity index (χ4n) is 3.30. The zero-order valence-corrected chi connectivity index (χ0v) is 17.3. The van der Waals surface area contributed by atoms with Crippen molar-refractivity contribution in [3.05, 3.63) is 75.4 Å². The van der Waals surface area contributed by atoms with E-state index in [0.717, 1.165) is 5.69 Å². The lowest BCUT2D eigenvalue weighted by atomic mass is 10.2. The highest BCUT2D eigenvalue weighted by atomic mass is 32.1. The van der Waals surface area contributed by atoms with Crippen LogP contribution in [0.25, 0.3) is 0 Å². The van der Waals surface area contributed by atoms with Crippen LogP contribution in [0.3, 0.4) is 0 Å². The molecule has 31 heavy (non-hydrogen) atoms. The van der Waals surface area contributed by atoms with Gasteiger partial charge in [0.2, 0.25) is 11.5 Å². The summed E-state index contributed by atoms with van der Waals surface area (Å²) in [4.78, 5) is 46.6. The number of H-pyrrole nitrogens is 1. The average Bonchev–Trinajstić information content (AvgIpc) is 3.21. The minimum absolute atomic E-state index is 0.0254. The molecule has 2 amide bonds. The van der Waals surface area contributed by atoms with Crippen molar-refractivity contribution < 1.29 is 14.0 Å². The van der Waals surface area contributed by atoms with Gasteiger partial charge in [-0.2, -0.15) is 0 Å². The summed E-state index contributed by atoms with van der Waals surface area (Å²) >= 11 is 1.24. The third-order valence-corrected chi connectivity index (χ3v) is 5.78. The SMILES string of the molecule is O=C(Nc1nc(CC(=O)N2CCN(c3ccc(F)cc3)CC2)cs1)c1ccc(=O)[nH]c1. The number of hydrogen-bond acceptors (Lipinski definition) is 6. The summed E-state index contributed by atoms with van der Waals surface area (Å²) in [5, 5.41) is 4.80. The van der Waals surface area contributed by atoms with E-state index in [4.69, 9.17) is 0 Å². The van der Waals surface area contributed by atoms with Crippen molar-refractivity contribution >= 4 is 34.0 Å². The maximum atomic E-state index is 13.1. The van der Waals surface area contributed by atoms with Crippen molar-refractivity contribution in [2.75, 3.05) is 36.4 Å². The molecule has 1 saturated heterocycles. The number of pyridine rings is 1. The Bertz CT molecular complexity index is 1120. The number of halogens is 1. The van der Waals surface area contributed by atoms with Crippen molar-refractivity contribution in [3.8, 4) is 0 Å². The van der Waals surface area contributed by atoms with E-state index in [-0.39, 0.29) is 29.6 Å². The molecule has 0 saturated carbocycles. The third kappa shape index (κ3) is 5.15. The molecule has 0 unspecified atom stereocenters. The maximum absolute atomic E-state index is 13.1. The first-order valence-corrected chi connectivity index (χ1v) is 10.6. The molecule has 3 aromatic rings. The molecule has 1 aromatic carbocycles. The Morgan fingerprint density at radius 2 is 1.84 bits per heavy atom. The largest absolute Gasteiger partial charge is 0.368 e. The normalized spacial score (nSPS) is 13.8. The predicted octanol–water partition coefficient (Wildman–Crippen LogP) is 2.11. The van der Waals surface area contributed by atoms with Gasteiger partial charge in [0, 0.05) is 49.5 Å². The van der Waals surface area contributed by atoms with Crippen LogP contribution in [0.15, 0.2) is 52.8 Å². The van der Waals surface area contributed by atoms with Crippen LogP contribution in [0.1, 0.15) is 16.1 Å². The van der Waals surface area contributed by atoms with Crippen molar-refractivity contribution in [3.63, 3.8) is 0 Å². The van der Waals surface area contributed by atoms with E-state index in [9.17, 15) is 18.8 Å². The van der Waals surface area contributed by atoms with E-state index in [1.165, 1.54) is 41.8 Å². The molecule has 1 aliphatic heterocycles. The van der Waals surface area contributed by atoms with E-state index in [0.29, 0.717) is 42.6 Å². The van der Waals surface area contributed by atoms with Crippen molar-refractivity contribution in [2.24, 2.45) is 0 Å². The number of nitrogens with one attached hydrogen (secondary N) is 2. The zero-order chi connectivity index (χ0) is 21.8. The molecular formula is C21H20FN5O3S. The van der Waals surface area contributed by atoms with Crippen LogP contribution in [0.5, 0.6) is 0 Å². The number of carbonyl (C=O) groups excluding carboxylic acids is 2. The predicted molar refractivity (Wildman–Crippen MR) is 116 cm³/mol. The van der Waals surface area contributed by atoms with Gasteiger partial charge in [-0.05, 0) is 30.3 Å². The van der Waals surface area contributed by atoms with E-state index in [2.05, 4.69) is 20.2 Å². The molecule has 160 valence electrons. The Morgan fingerprint density at radius 1 is 1.10 bits per heavy atom. The number of rotatable bonds is 5. The van der Waals surface area contributed by atoms with Crippen LogP contribution in [0, 0.1) is 5.82 Å². The van der Waals surface area contributed by atoms with Crippen LogP contribution in [-0.4, -0.2) is 52.9 Å². The first-order chi connectivity index (χ1) is 15.0. The highest BCUT2D eigenvalue weighted by molar-refractivity contribution is 7.14. The number of piperazine rings is 1. The number of hydrogen-bond donors (Lipinski definition) is 2. The maximum Gasteiger partial charge on any atom is 0.258 e. The minimum Gasteiger partial charge on any atom is -0.368 e. The number of nitrogens with zero attached hydrogens (tertiary/aromatic N) is 3. The van der Waals surface area contributed by atoms with E-state index in [1.54, 1.807) is 22.4 Å². The smallest absolute Gasteiger partial charge is 0.258 e. The lowest BCUT2D eigenvalue weighted by Crippen LogP contribution is -2.49. The molecule has 0 bridgehead atoms. The van der Waals surface area contributed by atoms with Gasteiger partial charge in [0.25, 0.3) is 5.91 Å². The van der Waals surface area contributed by atoms with Crippen molar-refractivity contribution in [1.29, 1.82) is 0 Å². The molecule has 2 N–H and O–H groups in total. The number of carbonyl (C=O) groups is 2. The summed E-state index contributed by atoms with van der Waals surface area (Å²) in [6.45, 7) is 2.51. The Morgan fingerprint density at radius 3 is 2.52 bits per heavy atom. The highest BCUT2D eigenvalue weighted by Gasteiger charge is 2.22. The summed E-state index contributed by atoms with van der Waals surface area (Å²) in [5.41, 5.74) is 1.56. The van der Waals surface area contributed by atoms with Gasteiger partial charge >= 0.3 is 0 Å². The van der Waals surface area contributed by atoms with Crippen LogP contribution < -0.4 is 15.8 Å². The molecule has 0 spiro atoms. The summed E-state index contributed by atoms with van der Waals surface area (Å²) in [6.07, 6.45) is 1.49. The Kier molecular flexibility index (Phi) is 6.08. The van der Waals surface area contributed by atoms with Gasteiger partial charge < -0.3 is 14.8 Å². The molecule has 8 nitrogen and oxygen atoms in total. The highest BCUT2D eigenvalue weighted by Crippen LogP contribution is 2.19. The number of anilines is 2. The number of thiazole rings is 1. The van der Waals surface area contributed by atoms with Gasteiger partial charge in [0.05, 0.1) is 17.7 Å². The number of amides is 2. The molecule has 2 aromatic heterocycles. The standard InChI is InChI=1S/C21H20FN5O3S/c22-15-2-4-17(5-3-15)26-7-9-27(10-8-26)19(29)11-16-13-31-21(24-16)25-20(30)14-1-6-18(28)23-12-14/h1-6,12-13H,7-11H2,(H,23,28)(H,24,25,30). The Labute approximate surface area is 181 Å². The number of aromatic amines is 1. The fraction of sp³-hybridized carbons (Fsp3) is 0.238. The summed E-state index contributed by atoms with van der Waals surface area (Å²) < 4.78 is 13.1. The van der Waals surface area contributed by atoms with Gasteiger partial charge in [0.1, 0.15) is 5.82 Å². The second kappa shape index (κ2) is 9.09. The van der Waals surface area contributed by atoms with Gasteiger partial charge in [-0.15, -0.1) is 11.3 Å². The second-order valence-corrected chi connectivity index (χ2v) is 7.92. The van der Waals surface area contributed by atoms with Gasteiger partial charge in [-0.25, -0.2) is 9.37 Å². The molecular weight excluding hydrogens is 421 g/mol. The first kappa shape index (κ1) is 20.7. The zero-order valence-electron chi connectivity index (χ0n) is 16.5. The average molecular weight is 441 g/mol. The van der Waals surface area contributed by atoms with Crippen LogP contribution >= 0.6 is 11.3 Å². The third-order valence-electron chi connectivity index (χ3n) is 4.98. The quantitative estimate of drug-likeness (QED) is 0.632. The first-order valence-electron chi connectivity index (χ1n) is 9.71. The van der Waals surface area contributed by atoms with Gasteiger partial charge in [-0.3, -0.25) is 19.7 Å². The molecule has 0 atom stereocenters. The van der Waals surface area contributed by atoms with Crippen molar-refractivity contribution in [2.45, 2.75) is 6.42 Å². The monoisotopic (exact) mass is 441 g/mol. The summed E-state index contributed by atoms with van der Waals surface area (Å²) in [7, 11) is 0. The molecule has 4 rings (SSSR count). The van der Waals surface area contributed by atoms with Crippen molar-refractivity contribution in [1.82, 2.24) is 14.9 Å². The molecule has 0 aliphatic carbocycles. The molecule has 0 radical (unpaired) electrons. The van der Waals surface area contributed by atoms with Gasteiger partial charge in [0.15, 0.2) is 5.13 Å².